The Morgan fingerprint density at radius 1 is 1.12 bits per heavy atom. The van der Waals surface area contributed by atoms with Crippen LogP contribution >= 0.6 is 23.8 Å². The van der Waals surface area contributed by atoms with E-state index in [0.717, 1.165) is 10.6 Å². The largest absolute Gasteiger partial charge is 0.435 e. The molecule has 0 saturated carbocycles. The first-order chi connectivity index (χ1) is 15.4. The number of halogens is 7. The Labute approximate surface area is 192 Å². The number of hydrogen-bond donors (Lipinski definition) is 2. The maximum Gasteiger partial charge on any atom is 0.435 e. The van der Waals surface area contributed by atoms with E-state index in [4.69, 9.17) is 23.8 Å². The maximum absolute atomic E-state index is 13.1. The summed E-state index contributed by atoms with van der Waals surface area (Å²) in [5.74, 6) is -1.39. The summed E-state index contributed by atoms with van der Waals surface area (Å²) in [5.41, 5.74) is 1.04. The van der Waals surface area contributed by atoms with Crippen LogP contribution in [0.25, 0.3) is 5.65 Å². The number of thiocarbonyl (C=S) groups is 1. The predicted molar refractivity (Wildman–Crippen MR) is 114 cm³/mol. The predicted octanol–water partition coefficient (Wildman–Crippen LogP) is 4.38. The normalized spacial score (nSPS) is 15.7. The van der Waals surface area contributed by atoms with Gasteiger partial charge in [-0.1, -0.05) is 23.8 Å². The number of alkyl halides is 6. The number of rotatable bonds is 3. The molecule has 0 bridgehead atoms. The van der Waals surface area contributed by atoms with Crippen LogP contribution in [0.15, 0.2) is 18.3 Å². The lowest BCUT2D eigenvalue weighted by atomic mass is 10.1. The Balaban J connectivity index is 0.000000196. The van der Waals surface area contributed by atoms with Crippen molar-refractivity contribution in [2.75, 3.05) is 36.2 Å². The second-order valence-corrected chi connectivity index (χ2v) is 7.21. The van der Waals surface area contributed by atoms with Gasteiger partial charge in [0.2, 0.25) is 0 Å². The first-order valence-electron chi connectivity index (χ1n) is 9.04. The standard InChI is InChI=1S/C10H6ClF3N4S.C7H9F3N4/c11-7-1-8-15-2-6-9(18(8)16-7)5(10(12,13)14)3-17(6)4-19;1-11-4-3-5(7(8,9)10)13-14-6(4)12-2/h1-2,4-5H,3H2;3H,1-2H3,(H,11,13)(H,12,14). The lowest BCUT2D eigenvalue weighted by Crippen LogP contribution is -2.27. The lowest BCUT2D eigenvalue weighted by molar-refractivity contribution is -0.147. The van der Waals surface area contributed by atoms with Gasteiger partial charge < -0.3 is 15.5 Å². The van der Waals surface area contributed by atoms with E-state index in [0.29, 0.717) is 5.69 Å². The molecule has 0 spiro atoms. The summed E-state index contributed by atoms with van der Waals surface area (Å²) in [6, 6.07) is 2.31. The second-order valence-electron chi connectivity index (χ2n) is 6.61. The van der Waals surface area contributed by atoms with E-state index in [1.165, 1.54) is 29.7 Å². The van der Waals surface area contributed by atoms with E-state index >= 15 is 0 Å². The van der Waals surface area contributed by atoms with Crippen LogP contribution in [0.5, 0.6) is 0 Å². The van der Waals surface area contributed by atoms with Crippen LogP contribution in [0.2, 0.25) is 5.15 Å². The highest BCUT2D eigenvalue weighted by molar-refractivity contribution is 7.79. The molecule has 3 aromatic heterocycles. The fraction of sp³-hybridized carbons (Fsp3) is 0.353. The molecule has 0 saturated heterocycles. The highest BCUT2D eigenvalue weighted by Gasteiger charge is 2.48. The van der Waals surface area contributed by atoms with Crippen LogP contribution in [0.1, 0.15) is 17.3 Å². The first-order valence-corrected chi connectivity index (χ1v) is 9.88. The van der Waals surface area contributed by atoms with Crippen molar-refractivity contribution < 1.29 is 26.3 Å². The van der Waals surface area contributed by atoms with Crippen molar-refractivity contribution in [2.24, 2.45) is 0 Å². The summed E-state index contributed by atoms with van der Waals surface area (Å²) < 4.78 is 77.0. The Hall–Kier alpha value is -2.94. The van der Waals surface area contributed by atoms with Crippen LogP contribution in [-0.4, -0.2) is 57.1 Å². The molecule has 8 nitrogen and oxygen atoms in total. The van der Waals surface area contributed by atoms with Crippen molar-refractivity contribution in [3.05, 3.63) is 34.9 Å². The third kappa shape index (κ3) is 5.03. The smallest absolute Gasteiger partial charge is 0.385 e. The molecule has 0 aromatic carbocycles. The van der Waals surface area contributed by atoms with E-state index in [2.05, 4.69) is 30.9 Å². The van der Waals surface area contributed by atoms with E-state index in [-0.39, 0.29) is 34.5 Å². The van der Waals surface area contributed by atoms with Crippen LogP contribution in [0.4, 0.5) is 43.5 Å². The molecule has 0 amide bonds. The van der Waals surface area contributed by atoms with Gasteiger partial charge >= 0.3 is 12.4 Å². The number of fused-ring (bicyclic) bond motifs is 3. The molecule has 4 heterocycles. The Morgan fingerprint density at radius 2 is 1.82 bits per heavy atom. The molecule has 2 N–H and O–H groups in total. The van der Waals surface area contributed by atoms with Gasteiger partial charge in [-0.05, 0) is 6.07 Å². The van der Waals surface area contributed by atoms with Gasteiger partial charge in [0.05, 0.1) is 28.8 Å². The van der Waals surface area contributed by atoms with Crippen molar-refractivity contribution in [3.63, 3.8) is 0 Å². The monoisotopic (exact) mass is 512 g/mol. The fourth-order valence-electron chi connectivity index (χ4n) is 3.11. The van der Waals surface area contributed by atoms with Gasteiger partial charge in [0.1, 0.15) is 5.92 Å². The Morgan fingerprint density at radius 3 is 2.36 bits per heavy atom. The molecule has 0 fully saturated rings. The highest BCUT2D eigenvalue weighted by atomic mass is 35.5. The summed E-state index contributed by atoms with van der Waals surface area (Å²) in [6.45, 7) is -0.263. The molecular weight excluding hydrogens is 498 g/mol. The Bertz CT molecular complexity index is 1160. The van der Waals surface area contributed by atoms with Gasteiger partial charge in [-0.25, -0.2) is 9.50 Å². The molecular formula is C17H15ClF6N8S. The van der Waals surface area contributed by atoms with Crippen LogP contribution in [0, 0.1) is 0 Å². The Kier molecular flexibility index (Phi) is 6.83. The summed E-state index contributed by atoms with van der Waals surface area (Å²) in [4.78, 5) is 5.37. The van der Waals surface area contributed by atoms with Crippen LogP contribution < -0.4 is 15.5 Å². The topological polar surface area (TPSA) is 83.3 Å². The molecule has 33 heavy (non-hydrogen) atoms. The molecule has 1 aliphatic heterocycles. The third-order valence-corrected chi connectivity index (χ3v) is 5.04. The van der Waals surface area contributed by atoms with Gasteiger partial charge in [-0.15, -0.1) is 10.2 Å². The minimum absolute atomic E-state index is 0.0190. The van der Waals surface area contributed by atoms with E-state index in [1.807, 2.05) is 0 Å². The molecule has 0 aliphatic carbocycles. The van der Waals surface area contributed by atoms with Crippen LogP contribution in [-0.2, 0) is 6.18 Å². The number of anilines is 3. The zero-order valence-corrected chi connectivity index (χ0v) is 18.4. The van der Waals surface area contributed by atoms with Crippen molar-refractivity contribution in [2.45, 2.75) is 18.3 Å². The summed E-state index contributed by atoms with van der Waals surface area (Å²) in [6.07, 6.45) is -7.49. The zero-order chi connectivity index (χ0) is 24.6. The fourth-order valence-corrected chi connectivity index (χ4v) is 3.48. The van der Waals surface area contributed by atoms with Crippen molar-refractivity contribution in [1.82, 2.24) is 24.8 Å². The van der Waals surface area contributed by atoms with E-state index < -0.39 is 24.0 Å². The minimum atomic E-state index is -4.47. The number of hydrogen-bond acceptors (Lipinski definition) is 7. The molecule has 16 heteroatoms. The van der Waals surface area contributed by atoms with E-state index in [1.54, 1.807) is 7.05 Å². The number of nitrogens with zero attached hydrogens (tertiary/aromatic N) is 6. The van der Waals surface area contributed by atoms with Crippen LogP contribution in [0.3, 0.4) is 0 Å². The molecule has 178 valence electrons. The molecule has 1 aliphatic rings. The lowest BCUT2D eigenvalue weighted by Gasteiger charge is -2.15. The summed E-state index contributed by atoms with van der Waals surface area (Å²) in [5, 5.41) is 15.6. The van der Waals surface area contributed by atoms with Gasteiger partial charge in [0.15, 0.2) is 22.3 Å². The quantitative estimate of drug-likeness (QED) is 0.395. The van der Waals surface area contributed by atoms with Crippen molar-refractivity contribution in [1.29, 1.82) is 0 Å². The highest BCUT2D eigenvalue weighted by Crippen LogP contribution is 2.44. The average molecular weight is 513 g/mol. The molecule has 1 atom stereocenters. The number of nitrogens with one attached hydrogen (secondary N) is 2. The van der Waals surface area contributed by atoms with Gasteiger partial charge in [-0.2, -0.15) is 31.4 Å². The molecule has 4 rings (SSSR count). The van der Waals surface area contributed by atoms with Gasteiger partial charge in [-0.3, -0.25) is 0 Å². The van der Waals surface area contributed by atoms with Crippen molar-refractivity contribution in [3.8, 4) is 0 Å². The van der Waals surface area contributed by atoms with Gasteiger partial charge in [0.25, 0.3) is 0 Å². The molecule has 3 aromatic rings. The third-order valence-electron chi connectivity index (χ3n) is 4.60. The summed E-state index contributed by atoms with van der Waals surface area (Å²) >= 11 is 10.5. The van der Waals surface area contributed by atoms with Crippen molar-refractivity contribution >= 4 is 52.2 Å². The molecule has 0 radical (unpaired) electrons. The maximum atomic E-state index is 13.1. The summed E-state index contributed by atoms with van der Waals surface area (Å²) in [7, 11) is 3.07. The average Bonchev–Trinajstić information content (AvgIpc) is 3.32. The SMILES string of the molecule is CNc1cc(C(F)(F)F)nnc1NC.FC(F)(F)C1CN(C=S)c2cnc3cc(Cl)nn3c21. The number of aromatic nitrogens is 5. The van der Waals surface area contributed by atoms with Gasteiger partial charge in [0, 0.05) is 26.7 Å². The first kappa shape index (κ1) is 24.7. The zero-order valence-electron chi connectivity index (χ0n) is 16.8. The molecule has 1 unspecified atom stereocenters. The van der Waals surface area contributed by atoms with E-state index in [9.17, 15) is 26.3 Å². The minimum Gasteiger partial charge on any atom is -0.385 e. The second kappa shape index (κ2) is 9.13.